The van der Waals surface area contributed by atoms with Crippen LogP contribution < -0.4 is 76.1 Å². The van der Waals surface area contributed by atoms with Crippen molar-refractivity contribution in [2.24, 2.45) is 22.9 Å². The second-order valence-electron chi connectivity index (χ2n) is 17.0. The van der Waals surface area contributed by atoms with E-state index < -0.39 is 151 Å². The number of unbranched alkanes of at least 4 members (excludes halogenated alkanes) is 2. The molecule has 10 atom stereocenters. The molecule has 0 aliphatic rings. The van der Waals surface area contributed by atoms with Crippen molar-refractivity contribution in [2.45, 2.75) is 146 Å². The summed E-state index contributed by atoms with van der Waals surface area (Å²) in [6, 6.07) is -11.7. The fourth-order valence-electron chi connectivity index (χ4n) is 6.29. The first kappa shape index (κ1) is 67.2. The molecular weight excluding hydrogens is 1000 g/mol. The van der Waals surface area contributed by atoms with E-state index in [0.29, 0.717) is 43.7 Å². The van der Waals surface area contributed by atoms with Gasteiger partial charge in [0.15, 0.2) is 0 Å². The third kappa shape index (κ3) is 28.3. The Morgan fingerprint density at radius 1 is 0.479 bits per heavy atom. The maximum Gasteiger partial charge on any atom is 0.325 e. The van der Waals surface area contributed by atoms with Crippen LogP contribution in [0, 0.1) is 0 Å². The van der Waals surface area contributed by atoms with Gasteiger partial charge in [0.05, 0.1) is 31.7 Å². The number of carboxylic acid groups (broad SMARTS) is 1. The molecule has 28 nitrogen and oxygen atoms in total. The number of thioether (sulfide) groups is 2. The fraction of sp³-hybridized carbons (Fsp3) is 0.721. The average Bonchev–Trinajstić information content (AvgIpc) is 3.32. The van der Waals surface area contributed by atoms with E-state index in [9.17, 15) is 62.6 Å². The molecule has 0 heterocycles. The van der Waals surface area contributed by atoms with Crippen LogP contribution in [0.4, 0.5) is 0 Å². The number of carboxylic acids is 1. The van der Waals surface area contributed by atoms with E-state index in [0.717, 1.165) is 0 Å². The van der Waals surface area contributed by atoms with Crippen molar-refractivity contribution in [3.05, 3.63) is 0 Å². The highest BCUT2D eigenvalue weighted by molar-refractivity contribution is 7.98. The second-order valence-corrected chi connectivity index (χ2v) is 18.9. The van der Waals surface area contributed by atoms with Gasteiger partial charge in [-0.3, -0.25) is 57.5 Å². The predicted octanol–water partition coefficient (Wildman–Crippen LogP) is -6.41. The molecule has 0 saturated heterocycles. The normalized spacial score (nSPS) is 15.0. The van der Waals surface area contributed by atoms with Crippen LogP contribution >= 0.6 is 23.5 Å². The monoisotopic (exact) mass is 1080 g/mol. The first-order valence-corrected chi connectivity index (χ1v) is 26.4. The number of hydrogen-bond acceptors (Lipinski definition) is 18. The quantitative estimate of drug-likeness (QED) is 0.0256. The van der Waals surface area contributed by atoms with Crippen LogP contribution in [0.2, 0.25) is 0 Å². The van der Waals surface area contributed by atoms with Gasteiger partial charge in [-0.1, -0.05) is 6.42 Å². The molecule has 30 heteroatoms. The van der Waals surface area contributed by atoms with E-state index in [4.69, 9.17) is 28.0 Å². The number of carbonyl (C=O) groups is 12. The lowest BCUT2D eigenvalue weighted by Gasteiger charge is -2.27. The third-order valence-electron chi connectivity index (χ3n) is 10.6. The Labute approximate surface area is 433 Å². The van der Waals surface area contributed by atoms with Crippen LogP contribution in [0.15, 0.2) is 0 Å². The number of aliphatic hydroxyl groups excluding tert-OH is 1. The molecule has 0 unspecified atom stereocenters. The Bertz CT molecular complexity index is 1870. The zero-order valence-electron chi connectivity index (χ0n) is 42.3. The second kappa shape index (κ2) is 37.0. The molecule has 0 spiro atoms. The number of primary amides is 1. The summed E-state index contributed by atoms with van der Waals surface area (Å²) in [5.41, 5.74) is 22.5. The van der Waals surface area contributed by atoms with Crippen LogP contribution in [0.3, 0.4) is 0 Å². The highest BCUT2D eigenvalue weighted by Crippen LogP contribution is 2.08. The van der Waals surface area contributed by atoms with Gasteiger partial charge in [-0.25, -0.2) is 0 Å². The molecule has 0 aromatic heterocycles. The smallest absolute Gasteiger partial charge is 0.325 e. The molecule has 0 aromatic carbocycles. The summed E-state index contributed by atoms with van der Waals surface area (Å²) < 4.78 is 0. The Balaban J connectivity index is 5.93. The lowest BCUT2D eigenvalue weighted by molar-refractivity contribution is -0.141. The molecular formula is C43H78N14O14S2. The minimum atomic E-state index is -1.69. The van der Waals surface area contributed by atoms with Crippen molar-refractivity contribution in [3.63, 3.8) is 0 Å². The molecule has 0 aromatic rings. The Hall–Kier alpha value is -5.82. The molecule has 0 rings (SSSR count). The van der Waals surface area contributed by atoms with E-state index in [1.807, 2.05) is 0 Å². The fourth-order valence-corrected chi connectivity index (χ4v) is 7.23. The zero-order chi connectivity index (χ0) is 55.8. The number of amides is 11. The standard InChI is InChI=1S/C43H78N14O14S2/c1-22(35(62)48-20-32(60)50-23(2)36(63)52-24(3)43(70)71)51-39(66)28(13-17-72-5)53-33(61)21-49-38(65)27(12-8-10-16-45)54-40(67)29(14-18-73-6)55-41(68)30(19-31(47)59)56-42(69)34(25(4)58)57-37(64)26(46)11-7-9-15-44/h22-30,34,58H,7-21,44-46H2,1-6H3,(H2,47,59)(H,48,62)(H,49,65)(H,50,60)(H,51,66)(H,52,63)(H,53,61)(H,54,67)(H,55,68)(H,56,69)(H,57,64)(H,70,71)/t22-,23-,24-,25+,26-,27-,28-,29-,30-,34-/m0/s1. The number of hydrogen-bond donors (Lipinski definition) is 16. The first-order chi connectivity index (χ1) is 34.3. The summed E-state index contributed by atoms with van der Waals surface area (Å²) in [5, 5.41) is 43.3. The van der Waals surface area contributed by atoms with Crippen LogP contribution in [0.25, 0.3) is 0 Å². The molecule has 416 valence electrons. The van der Waals surface area contributed by atoms with Crippen molar-refractivity contribution in [3.8, 4) is 0 Å². The van der Waals surface area contributed by atoms with Gasteiger partial charge >= 0.3 is 5.97 Å². The molecule has 0 aliphatic carbocycles. The van der Waals surface area contributed by atoms with Crippen LogP contribution in [0.5, 0.6) is 0 Å². The SMILES string of the molecule is CSCC[C@H](NC(=O)CNC(=O)[C@H](CCCCN)NC(=O)[C@H](CCSC)NC(=O)[C@H](CC(N)=O)NC(=O)[C@@H](NC(=O)[C@@H](N)CCCCN)[C@@H](C)O)C(=O)N[C@@H](C)C(=O)NCC(=O)N[C@@H](C)C(=O)N[C@@H](C)C(=O)O. The third-order valence-corrected chi connectivity index (χ3v) is 11.9. The van der Waals surface area contributed by atoms with Gasteiger partial charge in [0.1, 0.15) is 48.3 Å². The number of nitrogens with two attached hydrogens (primary N) is 4. The van der Waals surface area contributed by atoms with Crippen LogP contribution in [0.1, 0.15) is 85.5 Å². The maximum absolute atomic E-state index is 13.8. The molecule has 0 fully saturated rings. The Morgan fingerprint density at radius 2 is 0.918 bits per heavy atom. The highest BCUT2D eigenvalue weighted by atomic mass is 32.2. The Kier molecular flexibility index (Phi) is 34.0. The van der Waals surface area contributed by atoms with E-state index in [-0.39, 0.29) is 32.2 Å². The molecule has 20 N–H and O–H groups in total. The van der Waals surface area contributed by atoms with Crippen LogP contribution in [-0.4, -0.2) is 192 Å². The van der Waals surface area contributed by atoms with Gasteiger partial charge in [-0.05, 0) is 110 Å². The van der Waals surface area contributed by atoms with E-state index in [1.165, 1.54) is 51.2 Å². The molecule has 0 radical (unpaired) electrons. The van der Waals surface area contributed by atoms with Gasteiger partial charge in [0, 0.05) is 0 Å². The summed E-state index contributed by atoms with van der Waals surface area (Å²) in [6.07, 6.45) is 3.50. The molecule has 73 heavy (non-hydrogen) atoms. The van der Waals surface area contributed by atoms with Crippen molar-refractivity contribution in [2.75, 3.05) is 50.2 Å². The van der Waals surface area contributed by atoms with E-state index in [2.05, 4.69) is 53.2 Å². The number of carbonyl (C=O) groups excluding carboxylic acids is 11. The van der Waals surface area contributed by atoms with Crippen molar-refractivity contribution in [1.82, 2.24) is 53.2 Å². The molecule has 0 bridgehead atoms. The topological polar surface area (TPSA) is 470 Å². The number of aliphatic hydroxyl groups is 1. The number of rotatable bonds is 38. The summed E-state index contributed by atoms with van der Waals surface area (Å²) in [5.74, 6) is -10.1. The van der Waals surface area contributed by atoms with Gasteiger partial charge in [-0.15, -0.1) is 0 Å². The minimum absolute atomic E-state index is 0.00455. The zero-order valence-corrected chi connectivity index (χ0v) is 43.9. The van der Waals surface area contributed by atoms with E-state index >= 15 is 0 Å². The van der Waals surface area contributed by atoms with Crippen molar-refractivity contribution in [1.29, 1.82) is 0 Å². The predicted molar refractivity (Wildman–Crippen MR) is 271 cm³/mol. The first-order valence-electron chi connectivity index (χ1n) is 23.6. The van der Waals surface area contributed by atoms with E-state index in [1.54, 1.807) is 12.5 Å². The maximum atomic E-state index is 13.8. The summed E-state index contributed by atoms with van der Waals surface area (Å²) in [7, 11) is 0. The van der Waals surface area contributed by atoms with Crippen LogP contribution in [-0.2, 0) is 57.5 Å². The van der Waals surface area contributed by atoms with Gasteiger partial charge in [0.2, 0.25) is 65.0 Å². The van der Waals surface area contributed by atoms with Gasteiger partial charge in [0.25, 0.3) is 0 Å². The molecule has 0 aliphatic heterocycles. The Morgan fingerprint density at radius 3 is 1.42 bits per heavy atom. The lowest BCUT2D eigenvalue weighted by Crippen LogP contribution is -2.61. The van der Waals surface area contributed by atoms with Crippen molar-refractivity contribution >= 4 is 94.5 Å². The summed E-state index contributed by atoms with van der Waals surface area (Å²) in [4.78, 5) is 154. The molecule has 11 amide bonds. The van der Waals surface area contributed by atoms with Crippen molar-refractivity contribution < 1.29 is 67.7 Å². The highest BCUT2D eigenvalue weighted by Gasteiger charge is 2.34. The largest absolute Gasteiger partial charge is 0.480 e. The minimum Gasteiger partial charge on any atom is -0.480 e. The molecule has 0 saturated carbocycles. The summed E-state index contributed by atoms with van der Waals surface area (Å²) >= 11 is 2.67. The number of aliphatic carboxylic acids is 1. The summed E-state index contributed by atoms with van der Waals surface area (Å²) in [6.45, 7) is 4.42. The average molecular weight is 1080 g/mol. The lowest BCUT2D eigenvalue weighted by atomic mass is 10.1. The number of nitrogens with one attached hydrogen (secondary N) is 10. The van der Waals surface area contributed by atoms with Gasteiger partial charge < -0.3 is 86.3 Å². The van der Waals surface area contributed by atoms with Gasteiger partial charge in [-0.2, -0.15) is 23.5 Å².